The third-order valence-corrected chi connectivity index (χ3v) is 4.54. The summed E-state index contributed by atoms with van der Waals surface area (Å²) in [6, 6.07) is 0. The lowest BCUT2D eigenvalue weighted by Gasteiger charge is -2.35. The van der Waals surface area contributed by atoms with Crippen LogP contribution in [0.1, 0.15) is 46.0 Å². The quantitative estimate of drug-likeness (QED) is 0.801. The van der Waals surface area contributed by atoms with Gasteiger partial charge in [-0.05, 0) is 37.5 Å². The van der Waals surface area contributed by atoms with E-state index in [9.17, 15) is 4.79 Å². The van der Waals surface area contributed by atoms with Gasteiger partial charge in [-0.25, -0.2) is 0 Å². The highest BCUT2D eigenvalue weighted by atomic mass is 16.3. The first-order valence-corrected chi connectivity index (χ1v) is 6.91. The molecule has 1 amide bonds. The molecule has 0 spiro atoms. The Kier molecular flexibility index (Phi) is 3.76. The molecule has 1 unspecified atom stereocenters. The number of carbonyl (C=O) groups is 1. The fourth-order valence-electron chi connectivity index (χ4n) is 3.09. The molecule has 1 saturated heterocycles. The first-order valence-electron chi connectivity index (χ1n) is 6.91. The van der Waals surface area contributed by atoms with Crippen molar-refractivity contribution in [3.05, 3.63) is 0 Å². The van der Waals surface area contributed by atoms with Crippen molar-refractivity contribution < 1.29 is 9.90 Å². The Bertz CT molecular complexity index is 278. The number of carbonyl (C=O) groups excluding carboxylic acids is 1. The standard InChI is InChI=1S/C14H25NO2/c1-14(2)6-3-12(4-7-14)13(17)15-8-5-11(9-15)10-16/h11-12,16H,3-10H2,1-2H3. The minimum atomic E-state index is 0.224. The molecular formula is C14H25NO2. The highest BCUT2D eigenvalue weighted by Crippen LogP contribution is 2.39. The normalized spacial score (nSPS) is 29.6. The fourth-order valence-corrected chi connectivity index (χ4v) is 3.09. The van der Waals surface area contributed by atoms with Gasteiger partial charge in [-0.3, -0.25) is 4.79 Å². The van der Waals surface area contributed by atoms with Crippen LogP contribution >= 0.6 is 0 Å². The Hall–Kier alpha value is -0.570. The van der Waals surface area contributed by atoms with Gasteiger partial charge >= 0.3 is 0 Å². The molecule has 1 N–H and O–H groups in total. The van der Waals surface area contributed by atoms with Crippen molar-refractivity contribution in [3.63, 3.8) is 0 Å². The number of nitrogens with zero attached hydrogens (tertiary/aromatic N) is 1. The van der Waals surface area contributed by atoms with Crippen molar-refractivity contribution in [3.8, 4) is 0 Å². The second-order valence-corrected chi connectivity index (χ2v) is 6.56. The fraction of sp³-hybridized carbons (Fsp3) is 0.929. The van der Waals surface area contributed by atoms with Gasteiger partial charge in [0, 0.05) is 31.5 Å². The van der Waals surface area contributed by atoms with E-state index in [0.717, 1.165) is 32.4 Å². The Morgan fingerprint density at radius 1 is 1.29 bits per heavy atom. The van der Waals surface area contributed by atoms with Gasteiger partial charge < -0.3 is 10.0 Å². The van der Waals surface area contributed by atoms with Crippen LogP contribution in [0.25, 0.3) is 0 Å². The number of aliphatic hydroxyl groups excluding tert-OH is 1. The Balaban J connectivity index is 1.85. The van der Waals surface area contributed by atoms with E-state index in [2.05, 4.69) is 13.8 Å². The molecule has 2 aliphatic rings. The van der Waals surface area contributed by atoms with Crippen LogP contribution in [0.15, 0.2) is 0 Å². The van der Waals surface area contributed by atoms with E-state index >= 15 is 0 Å². The van der Waals surface area contributed by atoms with Gasteiger partial charge in [-0.2, -0.15) is 0 Å². The summed E-state index contributed by atoms with van der Waals surface area (Å²) < 4.78 is 0. The zero-order chi connectivity index (χ0) is 12.5. The molecule has 98 valence electrons. The van der Waals surface area contributed by atoms with E-state index in [1.54, 1.807) is 0 Å². The van der Waals surface area contributed by atoms with Gasteiger partial charge in [-0.15, -0.1) is 0 Å². The monoisotopic (exact) mass is 239 g/mol. The number of rotatable bonds is 2. The molecule has 0 radical (unpaired) electrons. The smallest absolute Gasteiger partial charge is 0.225 e. The zero-order valence-electron chi connectivity index (χ0n) is 11.1. The van der Waals surface area contributed by atoms with Crippen molar-refractivity contribution in [2.24, 2.45) is 17.3 Å². The molecule has 1 saturated carbocycles. The first-order chi connectivity index (χ1) is 8.02. The zero-order valence-corrected chi connectivity index (χ0v) is 11.1. The molecule has 0 aromatic rings. The predicted octanol–water partition coefficient (Wildman–Crippen LogP) is 2.04. The molecular weight excluding hydrogens is 214 g/mol. The van der Waals surface area contributed by atoms with E-state index in [-0.39, 0.29) is 12.5 Å². The van der Waals surface area contributed by atoms with Crippen LogP contribution in [0.2, 0.25) is 0 Å². The molecule has 2 fully saturated rings. The maximum absolute atomic E-state index is 12.3. The van der Waals surface area contributed by atoms with Gasteiger partial charge in [0.15, 0.2) is 0 Å². The Morgan fingerprint density at radius 2 is 1.94 bits per heavy atom. The molecule has 1 aliphatic heterocycles. The van der Waals surface area contributed by atoms with Gasteiger partial charge in [0.05, 0.1) is 0 Å². The van der Waals surface area contributed by atoms with Crippen LogP contribution in [0.4, 0.5) is 0 Å². The van der Waals surface area contributed by atoms with Crippen LogP contribution in [-0.2, 0) is 4.79 Å². The van der Waals surface area contributed by atoms with Crippen LogP contribution in [0.5, 0.6) is 0 Å². The maximum atomic E-state index is 12.3. The van der Waals surface area contributed by atoms with Gasteiger partial charge in [-0.1, -0.05) is 13.8 Å². The predicted molar refractivity (Wildman–Crippen MR) is 67.5 cm³/mol. The van der Waals surface area contributed by atoms with E-state index in [4.69, 9.17) is 5.11 Å². The summed E-state index contributed by atoms with van der Waals surface area (Å²) in [6.45, 7) is 6.44. The molecule has 0 aromatic heterocycles. The number of hydrogen-bond donors (Lipinski definition) is 1. The molecule has 2 rings (SSSR count). The van der Waals surface area contributed by atoms with Crippen molar-refractivity contribution in [2.75, 3.05) is 19.7 Å². The van der Waals surface area contributed by atoms with Crippen molar-refractivity contribution in [1.82, 2.24) is 4.90 Å². The van der Waals surface area contributed by atoms with Crippen molar-refractivity contribution >= 4 is 5.91 Å². The summed E-state index contributed by atoms with van der Waals surface area (Å²) in [5, 5.41) is 9.11. The third kappa shape index (κ3) is 3.01. The van der Waals surface area contributed by atoms with Crippen LogP contribution < -0.4 is 0 Å². The lowest BCUT2D eigenvalue weighted by molar-refractivity contribution is -0.136. The molecule has 3 heteroatoms. The summed E-state index contributed by atoms with van der Waals surface area (Å²) in [5.74, 6) is 0.913. The number of aliphatic hydroxyl groups is 1. The largest absolute Gasteiger partial charge is 0.396 e. The molecule has 0 bridgehead atoms. The summed E-state index contributed by atoms with van der Waals surface area (Å²) in [5.41, 5.74) is 0.426. The molecule has 1 aliphatic carbocycles. The first kappa shape index (κ1) is 12.9. The van der Waals surface area contributed by atoms with E-state index < -0.39 is 0 Å². The van der Waals surface area contributed by atoms with Gasteiger partial charge in [0.25, 0.3) is 0 Å². The minimum absolute atomic E-state index is 0.224. The Morgan fingerprint density at radius 3 is 2.47 bits per heavy atom. The summed E-state index contributed by atoms with van der Waals surface area (Å²) >= 11 is 0. The lowest BCUT2D eigenvalue weighted by Crippen LogP contribution is -2.37. The average Bonchev–Trinajstić information content (AvgIpc) is 2.76. The van der Waals surface area contributed by atoms with E-state index in [0.29, 0.717) is 17.2 Å². The van der Waals surface area contributed by atoms with Crippen LogP contribution in [-0.4, -0.2) is 35.6 Å². The van der Waals surface area contributed by atoms with E-state index in [1.165, 1.54) is 12.8 Å². The van der Waals surface area contributed by atoms with Gasteiger partial charge in [0.2, 0.25) is 5.91 Å². The van der Waals surface area contributed by atoms with Gasteiger partial charge in [0.1, 0.15) is 0 Å². The molecule has 1 atom stereocenters. The van der Waals surface area contributed by atoms with Crippen molar-refractivity contribution in [1.29, 1.82) is 0 Å². The minimum Gasteiger partial charge on any atom is -0.396 e. The summed E-state index contributed by atoms with van der Waals surface area (Å²) in [6.07, 6.45) is 5.40. The highest BCUT2D eigenvalue weighted by molar-refractivity contribution is 5.79. The lowest BCUT2D eigenvalue weighted by atomic mass is 9.73. The third-order valence-electron chi connectivity index (χ3n) is 4.54. The molecule has 0 aromatic carbocycles. The second-order valence-electron chi connectivity index (χ2n) is 6.56. The van der Waals surface area contributed by atoms with Crippen molar-refractivity contribution in [2.45, 2.75) is 46.0 Å². The molecule has 1 heterocycles. The van der Waals surface area contributed by atoms with Crippen LogP contribution in [0.3, 0.4) is 0 Å². The molecule has 17 heavy (non-hydrogen) atoms. The number of likely N-dealkylation sites (tertiary alicyclic amines) is 1. The maximum Gasteiger partial charge on any atom is 0.225 e. The number of amides is 1. The van der Waals surface area contributed by atoms with E-state index in [1.807, 2.05) is 4.90 Å². The Labute approximate surface area is 104 Å². The number of hydrogen-bond acceptors (Lipinski definition) is 2. The van der Waals surface area contributed by atoms with Crippen LogP contribution in [0, 0.1) is 17.3 Å². The summed E-state index contributed by atoms with van der Waals surface area (Å²) in [7, 11) is 0. The second kappa shape index (κ2) is 4.97. The average molecular weight is 239 g/mol. The topological polar surface area (TPSA) is 40.5 Å². The SMILES string of the molecule is CC1(C)CCC(C(=O)N2CCC(CO)C2)CC1. The highest BCUT2D eigenvalue weighted by Gasteiger charge is 2.35. The molecule has 3 nitrogen and oxygen atoms in total. The summed E-state index contributed by atoms with van der Waals surface area (Å²) in [4.78, 5) is 14.3.